The van der Waals surface area contributed by atoms with Crippen LogP contribution in [0.2, 0.25) is 5.02 Å². The molecule has 3 aromatic rings. The molecular weight excluding hydrogens is 292 g/mol. The van der Waals surface area contributed by atoms with Gasteiger partial charge in [0.1, 0.15) is 0 Å². The Hall–Kier alpha value is -2.24. The van der Waals surface area contributed by atoms with E-state index in [1.54, 1.807) is 0 Å². The van der Waals surface area contributed by atoms with Crippen molar-refractivity contribution in [2.75, 3.05) is 0 Å². The van der Waals surface area contributed by atoms with Gasteiger partial charge in [0.05, 0.1) is 18.2 Å². The highest BCUT2D eigenvalue weighted by Crippen LogP contribution is 2.32. The van der Waals surface area contributed by atoms with Crippen LogP contribution in [0.15, 0.2) is 42.5 Å². The molecular formula is C19H17ClN2. The zero-order valence-corrected chi connectivity index (χ0v) is 13.4. The van der Waals surface area contributed by atoms with Crippen molar-refractivity contribution in [3.63, 3.8) is 0 Å². The molecule has 0 bridgehead atoms. The van der Waals surface area contributed by atoms with Gasteiger partial charge >= 0.3 is 0 Å². The summed E-state index contributed by atoms with van der Waals surface area (Å²) in [4.78, 5) is 3.43. The monoisotopic (exact) mass is 308 g/mol. The lowest BCUT2D eigenvalue weighted by atomic mass is 9.98. The number of hydrogen-bond donors (Lipinski definition) is 1. The van der Waals surface area contributed by atoms with Crippen molar-refractivity contribution < 1.29 is 0 Å². The third kappa shape index (κ3) is 2.61. The summed E-state index contributed by atoms with van der Waals surface area (Å²) in [6.07, 6.45) is 0.363. The van der Waals surface area contributed by atoms with E-state index in [-0.39, 0.29) is 0 Å². The van der Waals surface area contributed by atoms with Gasteiger partial charge in [0.2, 0.25) is 0 Å². The number of benzene rings is 2. The van der Waals surface area contributed by atoms with Crippen molar-refractivity contribution in [3.8, 4) is 17.3 Å². The topological polar surface area (TPSA) is 39.6 Å². The van der Waals surface area contributed by atoms with Gasteiger partial charge in [-0.2, -0.15) is 5.26 Å². The molecule has 22 heavy (non-hydrogen) atoms. The summed E-state index contributed by atoms with van der Waals surface area (Å²) >= 11 is 6.10. The Kier molecular flexibility index (Phi) is 3.92. The number of fused-ring (bicyclic) bond motifs is 1. The first-order valence-corrected chi connectivity index (χ1v) is 7.75. The van der Waals surface area contributed by atoms with E-state index in [2.05, 4.69) is 49.2 Å². The highest BCUT2D eigenvalue weighted by molar-refractivity contribution is 6.31. The van der Waals surface area contributed by atoms with Crippen LogP contribution < -0.4 is 0 Å². The van der Waals surface area contributed by atoms with Crippen LogP contribution in [-0.2, 0) is 6.42 Å². The van der Waals surface area contributed by atoms with Crippen molar-refractivity contribution in [3.05, 3.63) is 58.6 Å². The highest BCUT2D eigenvalue weighted by Gasteiger charge is 2.13. The van der Waals surface area contributed by atoms with Crippen LogP contribution in [0.25, 0.3) is 22.2 Å². The standard InChI is InChI=1S/C19H17ClN2/c1-12(2)13-3-5-14(6-4-13)19-16(9-10-21)17-11-15(20)7-8-18(17)22-19/h3-8,11-12,22H,9H2,1-2H3. The molecule has 0 saturated carbocycles. The molecule has 1 aromatic heterocycles. The van der Waals surface area contributed by atoms with E-state index >= 15 is 0 Å². The minimum atomic E-state index is 0.363. The largest absolute Gasteiger partial charge is 0.354 e. The van der Waals surface area contributed by atoms with E-state index in [1.807, 2.05) is 18.2 Å². The Balaban J connectivity index is 2.17. The minimum Gasteiger partial charge on any atom is -0.354 e. The van der Waals surface area contributed by atoms with E-state index in [0.29, 0.717) is 17.4 Å². The fourth-order valence-electron chi connectivity index (χ4n) is 2.76. The molecule has 3 heteroatoms. The van der Waals surface area contributed by atoms with Gasteiger partial charge in [0.15, 0.2) is 0 Å². The lowest BCUT2D eigenvalue weighted by Crippen LogP contribution is -1.89. The van der Waals surface area contributed by atoms with E-state index < -0.39 is 0 Å². The summed E-state index contributed by atoms with van der Waals surface area (Å²) in [7, 11) is 0. The summed E-state index contributed by atoms with van der Waals surface area (Å²) < 4.78 is 0. The van der Waals surface area contributed by atoms with E-state index in [1.165, 1.54) is 5.56 Å². The maximum absolute atomic E-state index is 9.16. The van der Waals surface area contributed by atoms with Crippen LogP contribution in [-0.4, -0.2) is 4.98 Å². The van der Waals surface area contributed by atoms with Crippen molar-refractivity contribution in [1.82, 2.24) is 4.98 Å². The predicted molar refractivity (Wildman–Crippen MR) is 92.2 cm³/mol. The maximum Gasteiger partial charge on any atom is 0.0670 e. The maximum atomic E-state index is 9.16. The fraction of sp³-hybridized carbons (Fsp3) is 0.211. The summed E-state index contributed by atoms with van der Waals surface area (Å²) in [5.74, 6) is 0.508. The molecule has 1 heterocycles. The second-order valence-electron chi connectivity index (χ2n) is 5.78. The van der Waals surface area contributed by atoms with Gasteiger partial charge in [0, 0.05) is 15.9 Å². The molecule has 0 unspecified atom stereocenters. The molecule has 0 aliphatic carbocycles. The zero-order valence-electron chi connectivity index (χ0n) is 12.7. The number of nitrogens with one attached hydrogen (secondary N) is 1. The second-order valence-corrected chi connectivity index (χ2v) is 6.22. The lowest BCUT2D eigenvalue weighted by molar-refractivity contribution is 0.867. The van der Waals surface area contributed by atoms with E-state index in [9.17, 15) is 0 Å². The smallest absolute Gasteiger partial charge is 0.0670 e. The third-order valence-electron chi connectivity index (χ3n) is 3.99. The van der Waals surface area contributed by atoms with Gasteiger partial charge in [-0.1, -0.05) is 49.7 Å². The van der Waals surface area contributed by atoms with Crippen molar-refractivity contribution in [2.45, 2.75) is 26.2 Å². The molecule has 110 valence electrons. The first-order valence-electron chi connectivity index (χ1n) is 7.37. The molecule has 0 amide bonds. The number of rotatable bonds is 3. The van der Waals surface area contributed by atoms with Crippen molar-refractivity contribution >= 4 is 22.5 Å². The average molecular weight is 309 g/mol. The number of hydrogen-bond acceptors (Lipinski definition) is 1. The normalized spacial score (nSPS) is 11.0. The summed E-state index contributed by atoms with van der Waals surface area (Å²) in [6, 6.07) is 16.5. The first-order chi connectivity index (χ1) is 10.6. The second kappa shape index (κ2) is 5.87. The van der Waals surface area contributed by atoms with Crippen LogP contribution in [0.3, 0.4) is 0 Å². The fourth-order valence-corrected chi connectivity index (χ4v) is 2.94. The number of H-pyrrole nitrogens is 1. The van der Waals surface area contributed by atoms with Crippen molar-refractivity contribution in [1.29, 1.82) is 5.26 Å². The Labute approximate surface area is 135 Å². The molecule has 0 aliphatic heterocycles. The Bertz CT molecular complexity index is 852. The van der Waals surface area contributed by atoms with E-state index in [0.717, 1.165) is 27.7 Å². The van der Waals surface area contributed by atoms with Gasteiger partial charge in [-0.05, 0) is 40.8 Å². The number of halogens is 1. The molecule has 1 N–H and O–H groups in total. The molecule has 0 atom stereocenters. The van der Waals surface area contributed by atoms with Crippen LogP contribution >= 0.6 is 11.6 Å². The van der Waals surface area contributed by atoms with Crippen LogP contribution in [0.5, 0.6) is 0 Å². The molecule has 3 rings (SSSR count). The third-order valence-corrected chi connectivity index (χ3v) is 4.23. The van der Waals surface area contributed by atoms with Gasteiger partial charge in [-0.15, -0.1) is 0 Å². The first kappa shape index (κ1) is 14.7. The van der Waals surface area contributed by atoms with Gasteiger partial charge < -0.3 is 4.98 Å². The summed E-state index contributed by atoms with van der Waals surface area (Å²) in [6.45, 7) is 4.36. The zero-order chi connectivity index (χ0) is 15.7. The van der Waals surface area contributed by atoms with Gasteiger partial charge in [0.25, 0.3) is 0 Å². The van der Waals surface area contributed by atoms with Crippen molar-refractivity contribution in [2.24, 2.45) is 0 Å². The Morgan fingerprint density at radius 2 is 1.86 bits per heavy atom. The predicted octanol–water partition coefficient (Wildman–Crippen LogP) is 5.68. The molecule has 0 saturated heterocycles. The Morgan fingerprint density at radius 1 is 1.14 bits per heavy atom. The molecule has 0 radical (unpaired) electrons. The number of aromatic amines is 1. The number of aromatic nitrogens is 1. The van der Waals surface area contributed by atoms with Gasteiger partial charge in [-0.25, -0.2) is 0 Å². The summed E-state index contributed by atoms with van der Waals surface area (Å²) in [5, 5.41) is 10.9. The quantitative estimate of drug-likeness (QED) is 0.664. The van der Waals surface area contributed by atoms with Crippen LogP contribution in [0.4, 0.5) is 0 Å². The SMILES string of the molecule is CC(C)c1ccc(-c2[nH]c3ccc(Cl)cc3c2CC#N)cc1. The number of nitriles is 1. The minimum absolute atomic E-state index is 0.363. The molecule has 0 spiro atoms. The Morgan fingerprint density at radius 3 is 2.50 bits per heavy atom. The molecule has 2 aromatic carbocycles. The highest BCUT2D eigenvalue weighted by atomic mass is 35.5. The lowest BCUT2D eigenvalue weighted by Gasteiger charge is -2.07. The number of nitrogens with zero attached hydrogens (tertiary/aromatic N) is 1. The van der Waals surface area contributed by atoms with Crippen LogP contribution in [0.1, 0.15) is 30.9 Å². The van der Waals surface area contributed by atoms with Gasteiger partial charge in [-0.3, -0.25) is 0 Å². The molecule has 0 aliphatic rings. The summed E-state index contributed by atoms with van der Waals surface area (Å²) in [5.41, 5.74) is 5.44. The average Bonchev–Trinajstić information content (AvgIpc) is 2.86. The van der Waals surface area contributed by atoms with E-state index in [4.69, 9.17) is 16.9 Å². The van der Waals surface area contributed by atoms with Crippen LogP contribution in [0, 0.1) is 11.3 Å². The molecule has 2 nitrogen and oxygen atoms in total. The molecule has 0 fully saturated rings.